The van der Waals surface area contributed by atoms with E-state index in [4.69, 9.17) is 15.9 Å². The molecule has 2 bridgehead atoms. The van der Waals surface area contributed by atoms with Gasteiger partial charge in [-0.15, -0.1) is 0 Å². The first-order valence-corrected chi connectivity index (χ1v) is 25.4. The molecule has 1 saturated carbocycles. The topological polar surface area (TPSA) is 75.0 Å². The fourth-order valence-corrected chi connectivity index (χ4v) is 12.1. The summed E-state index contributed by atoms with van der Waals surface area (Å²) in [6.45, 7) is 5.85. The first-order valence-electron chi connectivity index (χ1n) is 25.4. The number of nitrogens with two attached hydrogens (primary N) is 2. The lowest BCUT2D eigenvalue weighted by molar-refractivity contribution is 0.523. The summed E-state index contributed by atoms with van der Waals surface area (Å²) < 4.78 is 11.7. The highest BCUT2D eigenvalue weighted by Crippen LogP contribution is 2.47. The van der Waals surface area contributed by atoms with Crippen molar-refractivity contribution in [2.75, 3.05) is 13.1 Å². The van der Waals surface area contributed by atoms with Crippen molar-refractivity contribution in [1.82, 2.24) is 9.13 Å². The molecule has 0 saturated heterocycles. The third-order valence-corrected chi connectivity index (χ3v) is 15.3. The number of rotatable bonds is 13. The summed E-state index contributed by atoms with van der Waals surface area (Å²) in [4.78, 5) is 0. The van der Waals surface area contributed by atoms with Gasteiger partial charge in [-0.05, 0) is 202 Å². The van der Waals surface area contributed by atoms with Gasteiger partial charge in [0.15, 0.2) is 0 Å². The molecule has 3 atom stereocenters. The van der Waals surface area contributed by atoms with E-state index in [2.05, 4.69) is 187 Å². The van der Waals surface area contributed by atoms with Crippen molar-refractivity contribution in [2.24, 2.45) is 17.4 Å². The Bertz CT molecular complexity index is 3370. The smallest absolute Gasteiger partial charge is 0.135 e. The lowest BCUT2D eigenvalue weighted by Crippen LogP contribution is -2.10. The van der Waals surface area contributed by atoms with E-state index in [9.17, 15) is 0 Å². The molecule has 8 aromatic rings. The zero-order chi connectivity index (χ0) is 46.1. The maximum Gasteiger partial charge on any atom is 0.135 e. The molecule has 0 spiro atoms. The molecule has 3 unspecified atom stereocenters. The fraction of sp³-hybridized carbons (Fsp3) is 0.270. The molecular formula is C63H64N4O. The normalized spacial score (nSPS) is 20.6. The minimum atomic E-state index is 0.406. The second-order valence-electron chi connectivity index (χ2n) is 19.3. The quantitative estimate of drug-likeness (QED) is 0.121. The molecule has 3 aliphatic rings. The lowest BCUT2D eigenvalue weighted by atomic mass is 9.78. The molecule has 5 nitrogen and oxygen atoms in total. The number of fused-ring (bicyclic) bond motifs is 10. The summed E-state index contributed by atoms with van der Waals surface area (Å²) >= 11 is 0. The summed E-state index contributed by atoms with van der Waals surface area (Å²) in [6.07, 6.45) is 33.7. The maximum absolute atomic E-state index is 6.66. The summed E-state index contributed by atoms with van der Waals surface area (Å²) in [5.41, 5.74) is 30.9. The van der Waals surface area contributed by atoms with E-state index in [1.165, 1.54) is 85.8 Å². The van der Waals surface area contributed by atoms with Gasteiger partial charge in [0.1, 0.15) is 11.2 Å². The Morgan fingerprint density at radius 3 is 2.29 bits per heavy atom. The molecule has 5 aromatic carbocycles. The molecule has 0 aliphatic heterocycles. The van der Waals surface area contributed by atoms with Crippen molar-refractivity contribution in [2.45, 2.75) is 89.9 Å². The Kier molecular flexibility index (Phi) is 12.4. The molecule has 1 fully saturated rings. The number of nitrogens with zero attached hydrogens (tertiary/aromatic N) is 2. The fourth-order valence-electron chi connectivity index (χ4n) is 12.1. The number of para-hydroxylation sites is 1. The maximum atomic E-state index is 6.66. The SMILES string of the molecule is C/C=C\c1c(C(CC)CCCN)c2ccccc2n1-c1ccc2oc3ccc(-n4c5c(c6cc(-c7ccccc7/C7=C/C=C\C=C/CC7CCCN)ccc64)C4CCC/C(=C/C=C\5)C4)cc3c2c1. The van der Waals surface area contributed by atoms with E-state index in [1.807, 2.05) is 0 Å². The van der Waals surface area contributed by atoms with Crippen molar-refractivity contribution >= 4 is 61.5 Å². The molecule has 68 heavy (non-hydrogen) atoms. The molecule has 3 aromatic heterocycles. The summed E-state index contributed by atoms with van der Waals surface area (Å²) in [5, 5.41) is 4.90. The van der Waals surface area contributed by atoms with E-state index in [-0.39, 0.29) is 0 Å². The van der Waals surface area contributed by atoms with E-state index in [0.29, 0.717) is 30.8 Å². The van der Waals surface area contributed by atoms with Gasteiger partial charge in [-0.3, -0.25) is 0 Å². The van der Waals surface area contributed by atoms with E-state index in [0.717, 1.165) is 78.3 Å². The monoisotopic (exact) mass is 893 g/mol. The van der Waals surface area contributed by atoms with Crippen LogP contribution in [-0.2, 0) is 0 Å². The van der Waals surface area contributed by atoms with Crippen LogP contribution in [0.2, 0.25) is 0 Å². The number of aromatic nitrogens is 2. The zero-order valence-electron chi connectivity index (χ0n) is 39.8. The van der Waals surface area contributed by atoms with Gasteiger partial charge in [0.25, 0.3) is 0 Å². The van der Waals surface area contributed by atoms with Crippen LogP contribution in [0.25, 0.3) is 84.0 Å². The Labute approximate surface area is 401 Å². The van der Waals surface area contributed by atoms with Crippen LogP contribution in [0.3, 0.4) is 0 Å². The Hall–Kier alpha value is -6.66. The van der Waals surface area contributed by atoms with E-state index >= 15 is 0 Å². The van der Waals surface area contributed by atoms with Crippen LogP contribution in [0, 0.1) is 5.92 Å². The predicted molar refractivity (Wildman–Crippen MR) is 290 cm³/mol. The van der Waals surface area contributed by atoms with E-state index < -0.39 is 0 Å². The first-order chi connectivity index (χ1) is 33.6. The van der Waals surface area contributed by atoms with Crippen LogP contribution in [0.15, 0.2) is 162 Å². The van der Waals surface area contributed by atoms with Gasteiger partial charge >= 0.3 is 0 Å². The third-order valence-electron chi connectivity index (χ3n) is 15.3. The van der Waals surface area contributed by atoms with Gasteiger partial charge in [-0.1, -0.05) is 110 Å². The van der Waals surface area contributed by atoms with Gasteiger partial charge in [-0.25, -0.2) is 0 Å². The Morgan fingerprint density at radius 1 is 0.735 bits per heavy atom. The van der Waals surface area contributed by atoms with Gasteiger partial charge in [0.2, 0.25) is 0 Å². The van der Waals surface area contributed by atoms with Crippen molar-refractivity contribution < 1.29 is 4.42 Å². The van der Waals surface area contributed by atoms with Crippen molar-refractivity contribution in [1.29, 1.82) is 0 Å². The molecule has 0 radical (unpaired) electrons. The van der Waals surface area contributed by atoms with Crippen LogP contribution in [0.5, 0.6) is 0 Å². The lowest BCUT2D eigenvalue weighted by Gasteiger charge is -2.26. The molecule has 342 valence electrons. The minimum Gasteiger partial charge on any atom is -0.456 e. The molecular weight excluding hydrogens is 829 g/mol. The summed E-state index contributed by atoms with van der Waals surface area (Å²) in [7, 11) is 0. The average Bonchev–Trinajstić information content (AvgIpc) is 4.00. The molecule has 5 heteroatoms. The highest BCUT2D eigenvalue weighted by Gasteiger charge is 2.29. The average molecular weight is 893 g/mol. The Balaban J connectivity index is 1.08. The number of hydrogen-bond acceptors (Lipinski definition) is 3. The number of furan rings is 1. The van der Waals surface area contributed by atoms with Gasteiger partial charge < -0.3 is 25.0 Å². The standard InChI is InChI=1S/C63H64N4O/c1-3-17-58-62(43(4-2)22-15-36-64)52-27-11-12-28-56(52)66(58)47-31-34-60-53(40-47)54-41-48(32-35-61(54)68-60)67-57-33-30-45(39-55(57)63-46-21-13-18-42(38-46)19-14-29-59(63)67)50-25-9-10-26-51(50)49-24-8-6-5-7-20-44(49)23-16-37-65/h3,5-12,14,17,19,24-35,39-41,43-44,46H,4,13,15-16,18,20-23,36-38,64-65H2,1-2H3/b7-5-,8-6-,17-3-,29-14-,42-19-,49-24+. The van der Waals surface area contributed by atoms with Crippen molar-refractivity contribution in [3.63, 3.8) is 0 Å². The molecule has 11 rings (SSSR count). The van der Waals surface area contributed by atoms with Gasteiger partial charge in [0, 0.05) is 38.6 Å². The zero-order valence-corrected chi connectivity index (χ0v) is 39.8. The summed E-state index contributed by atoms with van der Waals surface area (Å²) in [5.74, 6) is 1.27. The molecule has 4 N–H and O–H groups in total. The van der Waals surface area contributed by atoms with Crippen LogP contribution >= 0.6 is 0 Å². The predicted octanol–water partition coefficient (Wildman–Crippen LogP) is 16.3. The van der Waals surface area contributed by atoms with Gasteiger partial charge in [0.05, 0.1) is 16.7 Å². The largest absolute Gasteiger partial charge is 0.456 e. The van der Waals surface area contributed by atoms with E-state index in [1.54, 1.807) is 5.57 Å². The van der Waals surface area contributed by atoms with Crippen LogP contribution in [0.4, 0.5) is 0 Å². The third kappa shape index (κ3) is 7.86. The van der Waals surface area contributed by atoms with Crippen LogP contribution in [0.1, 0.15) is 118 Å². The Morgan fingerprint density at radius 2 is 1.50 bits per heavy atom. The highest BCUT2D eigenvalue weighted by atomic mass is 16.3. The second-order valence-corrected chi connectivity index (χ2v) is 19.3. The molecule has 0 amide bonds. The van der Waals surface area contributed by atoms with Crippen molar-refractivity contribution in [3.8, 4) is 22.5 Å². The van der Waals surface area contributed by atoms with Crippen LogP contribution in [-0.4, -0.2) is 22.2 Å². The number of hydrogen-bond donors (Lipinski definition) is 2. The summed E-state index contributed by atoms with van der Waals surface area (Å²) in [6, 6.07) is 38.8. The molecule has 3 aliphatic carbocycles. The highest BCUT2D eigenvalue weighted by molar-refractivity contribution is 6.07. The first kappa shape index (κ1) is 43.9. The number of benzene rings is 5. The van der Waals surface area contributed by atoms with Crippen LogP contribution < -0.4 is 11.5 Å². The number of allylic oxidation sites excluding steroid dienone is 10. The molecule has 3 heterocycles. The van der Waals surface area contributed by atoms with Crippen molar-refractivity contribution in [3.05, 3.63) is 185 Å². The minimum absolute atomic E-state index is 0.406. The second kappa shape index (κ2) is 19.1. The van der Waals surface area contributed by atoms with Gasteiger partial charge in [-0.2, -0.15) is 0 Å².